The molecule has 2 aliphatic rings. The fourth-order valence-corrected chi connectivity index (χ4v) is 2.52. The molecule has 0 aromatic carbocycles. The SMILES string of the molecule is CC(C)(C)OC(=O)N1CC2COCC2(CO)C1. The molecule has 0 saturated carbocycles. The van der Waals surface area contributed by atoms with E-state index in [2.05, 4.69) is 0 Å². The first-order valence-corrected chi connectivity index (χ1v) is 6.03. The van der Waals surface area contributed by atoms with Gasteiger partial charge in [-0.2, -0.15) is 0 Å². The molecule has 0 radical (unpaired) electrons. The Morgan fingerprint density at radius 2 is 2.29 bits per heavy atom. The molecular formula is C12H21NO4. The van der Waals surface area contributed by atoms with E-state index in [1.54, 1.807) is 4.90 Å². The normalized spacial score (nSPS) is 32.7. The molecule has 2 atom stereocenters. The average Bonchev–Trinajstić information content (AvgIpc) is 2.70. The summed E-state index contributed by atoms with van der Waals surface area (Å²) in [5.41, 5.74) is -0.742. The molecule has 2 aliphatic heterocycles. The van der Waals surface area contributed by atoms with Gasteiger partial charge in [0.1, 0.15) is 5.60 Å². The Balaban J connectivity index is 2.00. The first kappa shape index (κ1) is 12.6. The van der Waals surface area contributed by atoms with E-state index < -0.39 is 5.60 Å². The number of fused-ring (bicyclic) bond motifs is 1. The molecule has 0 aromatic heterocycles. The summed E-state index contributed by atoms with van der Waals surface area (Å²) in [6, 6.07) is 0. The molecule has 2 saturated heterocycles. The smallest absolute Gasteiger partial charge is 0.410 e. The maximum Gasteiger partial charge on any atom is 0.410 e. The monoisotopic (exact) mass is 243 g/mol. The molecule has 5 heteroatoms. The number of hydrogen-bond acceptors (Lipinski definition) is 4. The Labute approximate surface area is 102 Å². The molecule has 2 unspecified atom stereocenters. The molecule has 17 heavy (non-hydrogen) atoms. The van der Waals surface area contributed by atoms with Crippen molar-refractivity contribution in [1.29, 1.82) is 0 Å². The highest BCUT2D eigenvalue weighted by Gasteiger charge is 2.52. The van der Waals surface area contributed by atoms with Gasteiger partial charge >= 0.3 is 6.09 Å². The predicted octanol–water partition coefficient (Wildman–Crippen LogP) is 0.862. The zero-order valence-electron chi connectivity index (χ0n) is 10.7. The van der Waals surface area contributed by atoms with Gasteiger partial charge in [0.25, 0.3) is 0 Å². The molecule has 2 rings (SSSR count). The number of carbonyl (C=O) groups excluding carboxylic acids is 1. The second-order valence-electron chi connectivity index (χ2n) is 6.09. The summed E-state index contributed by atoms with van der Waals surface area (Å²) in [6.45, 7) is 7.94. The summed E-state index contributed by atoms with van der Waals surface area (Å²) < 4.78 is 10.7. The van der Waals surface area contributed by atoms with Crippen LogP contribution in [0.1, 0.15) is 20.8 Å². The maximum atomic E-state index is 11.9. The second kappa shape index (κ2) is 4.14. The molecule has 98 valence electrons. The molecule has 1 amide bonds. The standard InChI is InChI=1S/C12H21NO4/c1-11(2,3)17-10(15)13-4-9-5-16-8-12(9,6-13)7-14/h9,14H,4-8H2,1-3H3. The number of aliphatic hydroxyl groups is 1. The van der Waals surface area contributed by atoms with Crippen LogP contribution in [0.2, 0.25) is 0 Å². The number of hydrogen-bond donors (Lipinski definition) is 1. The minimum absolute atomic E-state index is 0.0664. The molecule has 0 bridgehead atoms. The Bertz CT molecular complexity index is 312. The summed E-state index contributed by atoms with van der Waals surface area (Å²) in [7, 11) is 0. The third kappa shape index (κ3) is 2.40. The van der Waals surface area contributed by atoms with E-state index in [1.807, 2.05) is 20.8 Å². The lowest BCUT2D eigenvalue weighted by Gasteiger charge is -2.26. The lowest BCUT2D eigenvalue weighted by atomic mass is 9.82. The Morgan fingerprint density at radius 1 is 1.59 bits per heavy atom. The number of ether oxygens (including phenoxy) is 2. The van der Waals surface area contributed by atoms with E-state index in [0.29, 0.717) is 26.3 Å². The van der Waals surface area contributed by atoms with Gasteiger partial charge in [-0.3, -0.25) is 0 Å². The Hall–Kier alpha value is -0.810. The van der Waals surface area contributed by atoms with Crippen LogP contribution >= 0.6 is 0 Å². The van der Waals surface area contributed by atoms with Crippen LogP contribution in [-0.2, 0) is 9.47 Å². The molecule has 2 fully saturated rings. The summed E-state index contributed by atoms with van der Waals surface area (Å²) in [4.78, 5) is 13.6. The number of aliphatic hydroxyl groups excluding tert-OH is 1. The van der Waals surface area contributed by atoms with E-state index >= 15 is 0 Å². The number of rotatable bonds is 1. The van der Waals surface area contributed by atoms with Crippen LogP contribution in [0, 0.1) is 11.3 Å². The quantitative estimate of drug-likeness (QED) is 0.742. The number of likely N-dealkylation sites (tertiary alicyclic amines) is 1. The van der Waals surface area contributed by atoms with E-state index in [4.69, 9.17) is 9.47 Å². The third-order valence-electron chi connectivity index (χ3n) is 3.49. The zero-order valence-corrected chi connectivity index (χ0v) is 10.7. The summed E-state index contributed by atoms with van der Waals surface area (Å²) in [6.07, 6.45) is -0.292. The van der Waals surface area contributed by atoms with E-state index in [1.165, 1.54) is 0 Å². The predicted molar refractivity (Wildman–Crippen MR) is 61.6 cm³/mol. The van der Waals surface area contributed by atoms with Crippen molar-refractivity contribution in [2.75, 3.05) is 32.9 Å². The van der Waals surface area contributed by atoms with Gasteiger partial charge in [0.05, 0.1) is 19.8 Å². The van der Waals surface area contributed by atoms with Gasteiger partial charge in [-0.25, -0.2) is 4.79 Å². The van der Waals surface area contributed by atoms with Gasteiger partial charge in [-0.1, -0.05) is 0 Å². The van der Waals surface area contributed by atoms with Gasteiger partial charge in [0, 0.05) is 24.4 Å². The van der Waals surface area contributed by atoms with Gasteiger partial charge in [0.15, 0.2) is 0 Å². The van der Waals surface area contributed by atoms with Crippen LogP contribution in [0.4, 0.5) is 4.79 Å². The van der Waals surface area contributed by atoms with Crippen molar-refractivity contribution in [2.45, 2.75) is 26.4 Å². The highest BCUT2D eigenvalue weighted by molar-refractivity contribution is 5.68. The number of carbonyl (C=O) groups is 1. The molecular weight excluding hydrogens is 222 g/mol. The number of amides is 1. The maximum absolute atomic E-state index is 11.9. The van der Waals surface area contributed by atoms with Crippen LogP contribution < -0.4 is 0 Å². The topological polar surface area (TPSA) is 59.0 Å². The van der Waals surface area contributed by atoms with Crippen molar-refractivity contribution in [3.8, 4) is 0 Å². The average molecular weight is 243 g/mol. The summed E-state index contributed by atoms with van der Waals surface area (Å²) in [5.74, 6) is 0.236. The zero-order chi connectivity index (χ0) is 12.7. The van der Waals surface area contributed by atoms with Crippen molar-refractivity contribution in [1.82, 2.24) is 4.90 Å². The first-order chi connectivity index (χ1) is 7.86. The molecule has 1 N–H and O–H groups in total. The summed E-state index contributed by atoms with van der Waals surface area (Å²) in [5, 5.41) is 9.50. The largest absolute Gasteiger partial charge is 0.444 e. The lowest BCUT2D eigenvalue weighted by Crippen LogP contribution is -2.39. The molecule has 0 spiro atoms. The third-order valence-corrected chi connectivity index (χ3v) is 3.49. The van der Waals surface area contributed by atoms with Crippen molar-refractivity contribution >= 4 is 6.09 Å². The van der Waals surface area contributed by atoms with E-state index in [9.17, 15) is 9.90 Å². The van der Waals surface area contributed by atoms with Gasteiger partial charge in [-0.05, 0) is 20.8 Å². The van der Waals surface area contributed by atoms with Crippen LogP contribution in [0.25, 0.3) is 0 Å². The van der Waals surface area contributed by atoms with Crippen LogP contribution in [0.5, 0.6) is 0 Å². The number of nitrogens with zero attached hydrogens (tertiary/aromatic N) is 1. The van der Waals surface area contributed by atoms with Crippen molar-refractivity contribution in [3.05, 3.63) is 0 Å². The van der Waals surface area contributed by atoms with Crippen LogP contribution in [0.15, 0.2) is 0 Å². The Kier molecular flexibility index (Phi) is 3.08. The Morgan fingerprint density at radius 3 is 2.82 bits per heavy atom. The second-order valence-corrected chi connectivity index (χ2v) is 6.09. The van der Waals surface area contributed by atoms with Gasteiger partial charge < -0.3 is 19.5 Å². The molecule has 5 nitrogen and oxygen atoms in total. The van der Waals surface area contributed by atoms with Crippen LogP contribution in [0.3, 0.4) is 0 Å². The highest BCUT2D eigenvalue weighted by atomic mass is 16.6. The minimum Gasteiger partial charge on any atom is -0.444 e. The van der Waals surface area contributed by atoms with Crippen molar-refractivity contribution < 1.29 is 19.4 Å². The van der Waals surface area contributed by atoms with Crippen LogP contribution in [-0.4, -0.2) is 54.6 Å². The van der Waals surface area contributed by atoms with Gasteiger partial charge in [-0.15, -0.1) is 0 Å². The van der Waals surface area contributed by atoms with Gasteiger partial charge in [0.2, 0.25) is 0 Å². The fourth-order valence-electron chi connectivity index (χ4n) is 2.52. The van der Waals surface area contributed by atoms with E-state index in [-0.39, 0.29) is 24.0 Å². The highest BCUT2D eigenvalue weighted by Crippen LogP contribution is 2.41. The first-order valence-electron chi connectivity index (χ1n) is 6.03. The molecule has 0 aliphatic carbocycles. The minimum atomic E-state index is -0.475. The summed E-state index contributed by atoms with van der Waals surface area (Å²) >= 11 is 0. The van der Waals surface area contributed by atoms with Crippen molar-refractivity contribution in [2.24, 2.45) is 11.3 Å². The lowest BCUT2D eigenvalue weighted by molar-refractivity contribution is 0.0205. The molecule has 0 aromatic rings. The van der Waals surface area contributed by atoms with Crippen molar-refractivity contribution in [3.63, 3.8) is 0 Å². The molecule has 2 heterocycles. The fraction of sp³-hybridized carbons (Fsp3) is 0.917. The van der Waals surface area contributed by atoms with E-state index in [0.717, 1.165) is 0 Å².